The standard InChI is InChI=1S/C17H21FN6O5S/c1-4-13(25)21(2)10-14(26)22-5-7-23(8-6-22)30(27,28)24-9-12(18)15-16(24)19-11-20-17(15)29-3/h4,9,11H,1,5-8,10H2,2-3H3. The number of rotatable bonds is 6. The number of ether oxygens (including phenoxy) is 1. The summed E-state index contributed by atoms with van der Waals surface area (Å²) in [6, 6.07) is 0. The van der Waals surface area contributed by atoms with E-state index in [0.717, 1.165) is 26.9 Å². The predicted molar refractivity (Wildman–Crippen MR) is 104 cm³/mol. The van der Waals surface area contributed by atoms with E-state index in [0.29, 0.717) is 0 Å². The Bertz CT molecular complexity index is 1090. The van der Waals surface area contributed by atoms with Crippen molar-refractivity contribution in [2.45, 2.75) is 0 Å². The topological polar surface area (TPSA) is 118 Å². The molecular formula is C17H21FN6O5S. The minimum atomic E-state index is -4.13. The highest BCUT2D eigenvalue weighted by Crippen LogP contribution is 2.27. The van der Waals surface area contributed by atoms with Gasteiger partial charge in [0.15, 0.2) is 11.5 Å². The minimum absolute atomic E-state index is 0.0106. The molecule has 0 bridgehead atoms. The summed E-state index contributed by atoms with van der Waals surface area (Å²) in [5.41, 5.74) is -0.137. The van der Waals surface area contributed by atoms with Gasteiger partial charge in [-0.3, -0.25) is 9.59 Å². The Morgan fingerprint density at radius 3 is 2.57 bits per heavy atom. The van der Waals surface area contributed by atoms with Gasteiger partial charge in [0.1, 0.15) is 11.7 Å². The van der Waals surface area contributed by atoms with Gasteiger partial charge < -0.3 is 14.5 Å². The summed E-state index contributed by atoms with van der Waals surface area (Å²) in [7, 11) is -1.36. The van der Waals surface area contributed by atoms with E-state index in [1.165, 1.54) is 24.0 Å². The molecule has 1 aliphatic rings. The van der Waals surface area contributed by atoms with Crippen LogP contribution in [0.5, 0.6) is 5.88 Å². The number of amides is 2. The van der Waals surface area contributed by atoms with E-state index < -0.39 is 16.0 Å². The van der Waals surface area contributed by atoms with Gasteiger partial charge in [-0.1, -0.05) is 6.58 Å². The maximum Gasteiger partial charge on any atom is 0.309 e. The van der Waals surface area contributed by atoms with Gasteiger partial charge in [-0.15, -0.1) is 0 Å². The van der Waals surface area contributed by atoms with Gasteiger partial charge in [0, 0.05) is 33.2 Å². The SMILES string of the molecule is C=CC(=O)N(C)CC(=O)N1CCN(S(=O)(=O)n2cc(F)c3c(OC)ncnc32)CC1. The van der Waals surface area contributed by atoms with Crippen molar-refractivity contribution < 1.29 is 27.1 Å². The van der Waals surface area contributed by atoms with E-state index >= 15 is 0 Å². The first-order valence-electron chi connectivity index (χ1n) is 8.92. The molecule has 0 aromatic carbocycles. The normalized spacial score (nSPS) is 15.2. The van der Waals surface area contributed by atoms with Crippen molar-refractivity contribution >= 4 is 33.1 Å². The van der Waals surface area contributed by atoms with Crippen LogP contribution >= 0.6 is 0 Å². The van der Waals surface area contributed by atoms with E-state index in [4.69, 9.17) is 4.74 Å². The number of aromatic nitrogens is 3. The lowest BCUT2D eigenvalue weighted by molar-refractivity contribution is -0.138. The van der Waals surface area contributed by atoms with Crippen molar-refractivity contribution in [1.29, 1.82) is 0 Å². The van der Waals surface area contributed by atoms with Gasteiger partial charge in [0.25, 0.3) is 0 Å². The monoisotopic (exact) mass is 440 g/mol. The lowest BCUT2D eigenvalue weighted by Gasteiger charge is -2.34. The van der Waals surface area contributed by atoms with Gasteiger partial charge in [0.05, 0.1) is 19.9 Å². The molecule has 2 amide bonds. The highest BCUT2D eigenvalue weighted by atomic mass is 32.2. The zero-order valence-corrected chi connectivity index (χ0v) is 17.3. The van der Waals surface area contributed by atoms with Crippen LogP contribution in [-0.2, 0) is 19.8 Å². The van der Waals surface area contributed by atoms with Gasteiger partial charge in [0.2, 0.25) is 17.7 Å². The number of piperazine rings is 1. The van der Waals surface area contributed by atoms with Crippen LogP contribution in [0.15, 0.2) is 25.2 Å². The maximum absolute atomic E-state index is 14.4. The third-order valence-corrected chi connectivity index (χ3v) is 6.55. The van der Waals surface area contributed by atoms with Crippen LogP contribution in [0.4, 0.5) is 4.39 Å². The summed E-state index contributed by atoms with van der Waals surface area (Å²) in [6.45, 7) is 3.52. The number of hydrogen-bond donors (Lipinski definition) is 0. The van der Waals surface area contributed by atoms with E-state index in [1.54, 1.807) is 0 Å². The summed E-state index contributed by atoms with van der Waals surface area (Å²) in [5.74, 6) is -1.59. The van der Waals surface area contributed by atoms with Crippen LogP contribution in [0.25, 0.3) is 11.0 Å². The molecule has 0 saturated carbocycles. The second-order valence-electron chi connectivity index (χ2n) is 6.54. The minimum Gasteiger partial charge on any atom is -0.480 e. The molecule has 0 N–H and O–H groups in total. The number of fused-ring (bicyclic) bond motifs is 1. The molecule has 11 nitrogen and oxygen atoms in total. The van der Waals surface area contributed by atoms with Crippen LogP contribution in [0.3, 0.4) is 0 Å². The molecule has 0 unspecified atom stereocenters. The van der Waals surface area contributed by atoms with Crippen LogP contribution < -0.4 is 4.74 Å². The van der Waals surface area contributed by atoms with Crippen molar-refractivity contribution in [3.8, 4) is 5.88 Å². The van der Waals surface area contributed by atoms with Crippen LogP contribution in [0.1, 0.15) is 0 Å². The van der Waals surface area contributed by atoms with E-state index in [-0.39, 0.29) is 61.5 Å². The van der Waals surface area contributed by atoms with Gasteiger partial charge in [-0.2, -0.15) is 12.7 Å². The highest BCUT2D eigenvalue weighted by molar-refractivity contribution is 7.87. The number of methoxy groups -OCH3 is 1. The van der Waals surface area contributed by atoms with Crippen LogP contribution in [0.2, 0.25) is 0 Å². The fourth-order valence-electron chi connectivity index (χ4n) is 3.13. The fourth-order valence-corrected chi connectivity index (χ4v) is 4.58. The molecule has 0 spiro atoms. The quantitative estimate of drug-likeness (QED) is 0.554. The molecule has 0 radical (unpaired) electrons. The second kappa shape index (κ2) is 8.36. The first-order chi connectivity index (χ1) is 14.2. The van der Waals surface area contributed by atoms with Crippen molar-refractivity contribution in [2.75, 3.05) is 46.9 Å². The van der Waals surface area contributed by atoms with Crippen molar-refractivity contribution in [2.24, 2.45) is 0 Å². The number of carbonyl (C=O) groups excluding carboxylic acids is 2. The van der Waals surface area contributed by atoms with Crippen molar-refractivity contribution in [3.63, 3.8) is 0 Å². The Hall–Kier alpha value is -3.06. The molecule has 162 valence electrons. The number of likely N-dealkylation sites (N-methyl/N-ethyl adjacent to an activating group) is 1. The van der Waals surface area contributed by atoms with Gasteiger partial charge in [-0.25, -0.2) is 18.3 Å². The molecule has 2 aromatic heterocycles. The summed E-state index contributed by atoms with van der Waals surface area (Å²) < 4.78 is 47.4. The third kappa shape index (κ3) is 3.85. The van der Waals surface area contributed by atoms with Crippen molar-refractivity contribution in [3.05, 3.63) is 31.0 Å². The highest BCUT2D eigenvalue weighted by Gasteiger charge is 2.33. The molecule has 1 fully saturated rings. The average molecular weight is 440 g/mol. The molecule has 30 heavy (non-hydrogen) atoms. The molecule has 0 atom stereocenters. The zero-order chi connectivity index (χ0) is 22.1. The van der Waals surface area contributed by atoms with Gasteiger partial charge in [-0.05, 0) is 6.08 Å². The molecule has 2 aromatic rings. The second-order valence-corrected chi connectivity index (χ2v) is 8.35. The first-order valence-corrected chi connectivity index (χ1v) is 10.3. The van der Waals surface area contributed by atoms with Crippen LogP contribution in [-0.4, -0.2) is 95.2 Å². The summed E-state index contributed by atoms with van der Waals surface area (Å²) in [5, 5.41) is -0.132. The molecular weight excluding hydrogens is 419 g/mol. The molecule has 3 rings (SSSR count). The molecule has 3 heterocycles. The summed E-state index contributed by atoms with van der Waals surface area (Å²) in [6.07, 6.45) is 3.02. The molecule has 13 heteroatoms. The number of nitrogens with zero attached hydrogens (tertiary/aromatic N) is 6. The van der Waals surface area contributed by atoms with Crippen molar-refractivity contribution in [1.82, 2.24) is 28.0 Å². The average Bonchev–Trinajstić information content (AvgIpc) is 3.10. The van der Waals surface area contributed by atoms with E-state index in [9.17, 15) is 22.4 Å². The maximum atomic E-state index is 14.4. The molecule has 1 aliphatic heterocycles. The largest absolute Gasteiger partial charge is 0.480 e. The Kier molecular flexibility index (Phi) is 6.03. The Morgan fingerprint density at radius 1 is 1.30 bits per heavy atom. The summed E-state index contributed by atoms with van der Waals surface area (Å²) >= 11 is 0. The fraction of sp³-hybridized carbons (Fsp3) is 0.412. The van der Waals surface area contributed by atoms with Gasteiger partial charge >= 0.3 is 10.2 Å². The smallest absolute Gasteiger partial charge is 0.309 e. The number of hydrogen-bond acceptors (Lipinski definition) is 7. The lowest BCUT2D eigenvalue weighted by atomic mass is 10.3. The first kappa shape index (κ1) is 21.6. The Morgan fingerprint density at radius 2 is 1.97 bits per heavy atom. The summed E-state index contributed by atoms with van der Waals surface area (Å²) in [4.78, 5) is 34.2. The lowest BCUT2D eigenvalue weighted by Crippen LogP contribution is -2.53. The van der Waals surface area contributed by atoms with E-state index in [2.05, 4.69) is 16.5 Å². The Labute approximate surface area is 172 Å². The molecule has 0 aliphatic carbocycles. The number of carbonyl (C=O) groups is 2. The molecule has 1 saturated heterocycles. The van der Waals surface area contributed by atoms with Crippen LogP contribution in [0, 0.1) is 5.82 Å². The Balaban J connectivity index is 1.76. The van der Waals surface area contributed by atoms with E-state index in [1.807, 2.05) is 0 Å². The number of halogens is 1. The zero-order valence-electron chi connectivity index (χ0n) is 16.5. The predicted octanol–water partition coefficient (Wildman–Crippen LogP) is -0.539. The third-order valence-electron chi connectivity index (χ3n) is 4.75.